The van der Waals surface area contributed by atoms with Gasteiger partial charge in [0.1, 0.15) is 5.82 Å². The highest BCUT2D eigenvalue weighted by atomic mass is 19.4. The Morgan fingerprint density at radius 1 is 1.50 bits per heavy atom. The maximum Gasteiger partial charge on any atom is 0.390 e. The highest BCUT2D eigenvalue weighted by Gasteiger charge is 2.31. The standard InChI is InChI=1S/C11H17F3N4/c1-17-10(15)6-9(16-17)8-2-4-18(7-8)5-3-11(12,13)14/h6,8H,2-5,7,15H2,1H3. The summed E-state index contributed by atoms with van der Waals surface area (Å²) in [5.74, 6) is 0.778. The molecule has 18 heavy (non-hydrogen) atoms. The molecule has 4 nitrogen and oxygen atoms in total. The zero-order valence-electron chi connectivity index (χ0n) is 10.2. The predicted molar refractivity (Wildman–Crippen MR) is 62.1 cm³/mol. The lowest BCUT2D eigenvalue weighted by molar-refractivity contribution is -0.137. The van der Waals surface area contributed by atoms with E-state index in [0.717, 1.165) is 12.1 Å². The summed E-state index contributed by atoms with van der Waals surface area (Å²) < 4.78 is 38.0. The van der Waals surface area contributed by atoms with E-state index in [4.69, 9.17) is 5.73 Å². The molecular weight excluding hydrogens is 245 g/mol. The van der Waals surface area contributed by atoms with Crippen molar-refractivity contribution >= 4 is 5.82 Å². The number of hydrogen-bond acceptors (Lipinski definition) is 3. The van der Waals surface area contributed by atoms with E-state index >= 15 is 0 Å². The highest BCUT2D eigenvalue weighted by molar-refractivity contribution is 5.32. The summed E-state index contributed by atoms with van der Waals surface area (Å²) in [6, 6.07) is 1.80. The van der Waals surface area contributed by atoms with Gasteiger partial charge in [-0.15, -0.1) is 0 Å². The molecule has 1 fully saturated rings. The predicted octanol–water partition coefficient (Wildman–Crippen LogP) is 1.74. The van der Waals surface area contributed by atoms with Crippen LogP contribution >= 0.6 is 0 Å². The molecule has 1 aliphatic rings. The fourth-order valence-electron chi connectivity index (χ4n) is 2.27. The Kier molecular flexibility index (Phi) is 3.52. The normalized spacial score (nSPS) is 21.7. The molecule has 0 spiro atoms. The number of anilines is 1. The van der Waals surface area contributed by atoms with E-state index in [1.165, 1.54) is 0 Å². The van der Waals surface area contributed by atoms with Crippen LogP contribution in [0.5, 0.6) is 0 Å². The van der Waals surface area contributed by atoms with Crippen LogP contribution in [-0.4, -0.2) is 40.5 Å². The van der Waals surface area contributed by atoms with Gasteiger partial charge < -0.3 is 10.6 Å². The van der Waals surface area contributed by atoms with Crippen molar-refractivity contribution in [3.05, 3.63) is 11.8 Å². The van der Waals surface area contributed by atoms with Crippen LogP contribution in [0.1, 0.15) is 24.5 Å². The Hall–Kier alpha value is -1.24. The molecule has 1 aliphatic heterocycles. The summed E-state index contributed by atoms with van der Waals surface area (Å²) in [7, 11) is 1.76. The quantitative estimate of drug-likeness (QED) is 0.902. The van der Waals surface area contributed by atoms with Crippen LogP contribution in [0.2, 0.25) is 0 Å². The van der Waals surface area contributed by atoms with Crippen molar-refractivity contribution in [2.45, 2.75) is 24.9 Å². The molecule has 1 aromatic heterocycles. The van der Waals surface area contributed by atoms with Gasteiger partial charge in [-0.25, -0.2) is 0 Å². The van der Waals surface area contributed by atoms with Crippen molar-refractivity contribution in [1.29, 1.82) is 0 Å². The molecule has 1 unspecified atom stereocenters. The van der Waals surface area contributed by atoms with Crippen molar-refractivity contribution in [3.63, 3.8) is 0 Å². The van der Waals surface area contributed by atoms with Crippen LogP contribution in [-0.2, 0) is 7.05 Å². The second kappa shape index (κ2) is 4.79. The molecule has 2 heterocycles. The first kappa shape index (κ1) is 13.2. The molecule has 102 valence electrons. The summed E-state index contributed by atoms with van der Waals surface area (Å²) in [6.07, 6.45) is -3.98. The van der Waals surface area contributed by atoms with Gasteiger partial charge >= 0.3 is 6.18 Å². The third-order valence-electron chi connectivity index (χ3n) is 3.34. The van der Waals surface area contributed by atoms with E-state index in [0.29, 0.717) is 18.9 Å². The maximum absolute atomic E-state index is 12.1. The number of nitrogens with zero attached hydrogens (tertiary/aromatic N) is 3. The number of halogens is 3. The molecular formula is C11H17F3N4. The zero-order valence-corrected chi connectivity index (χ0v) is 10.2. The van der Waals surface area contributed by atoms with E-state index in [1.54, 1.807) is 17.8 Å². The van der Waals surface area contributed by atoms with Crippen LogP contribution in [0.4, 0.5) is 19.0 Å². The van der Waals surface area contributed by atoms with Crippen molar-refractivity contribution in [2.75, 3.05) is 25.4 Å². The third kappa shape index (κ3) is 3.16. The average molecular weight is 262 g/mol. The molecule has 0 amide bonds. The van der Waals surface area contributed by atoms with Crippen LogP contribution < -0.4 is 5.73 Å². The maximum atomic E-state index is 12.1. The topological polar surface area (TPSA) is 47.1 Å². The molecule has 1 aromatic rings. The van der Waals surface area contributed by atoms with Gasteiger partial charge in [-0.2, -0.15) is 18.3 Å². The Morgan fingerprint density at radius 3 is 2.78 bits per heavy atom. The largest absolute Gasteiger partial charge is 0.390 e. The van der Waals surface area contributed by atoms with Crippen molar-refractivity contribution in [2.24, 2.45) is 7.05 Å². The monoisotopic (exact) mass is 262 g/mol. The number of hydrogen-bond donors (Lipinski definition) is 1. The van der Waals surface area contributed by atoms with Crippen molar-refractivity contribution in [3.8, 4) is 0 Å². The fourth-order valence-corrected chi connectivity index (χ4v) is 2.27. The molecule has 0 bridgehead atoms. The van der Waals surface area contributed by atoms with Gasteiger partial charge in [-0.05, 0) is 13.0 Å². The van der Waals surface area contributed by atoms with Crippen LogP contribution in [0.3, 0.4) is 0 Å². The van der Waals surface area contributed by atoms with Crippen LogP contribution in [0, 0.1) is 0 Å². The van der Waals surface area contributed by atoms with Gasteiger partial charge in [0.15, 0.2) is 0 Å². The molecule has 2 rings (SSSR count). The Morgan fingerprint density at radius 2 is 2.22 bits per heavy atom. The minimum Gasteiger partial charge on any atom is -0.384 e. The first-order valence-corrected chi connectivity index (χ1v) is 5.93. The van der Waals surface area contributed by atoms with E-state index in [9.17, 15) is 13.2 Å². The van der Waals surface area contributed by atoms with Gasteiger partial charge in [-0.3, -0.25) is 4.68 Å². The van der Waals surface area contributed by atoms with Crippen LogP contribution in [0.15, 0.2) is 6.07 Å². The lowest BCUT2D eigenvalue weighted by Gasteiger charge is -2.16. The third-order valence-corrected chi connectivity index (χ3v) is 3.34. The highest BCUT2D eigenvalue weighted by Crippen LogP contribution is 2.28. The second-order valence-corrected chi connectivity index (χ2v) is 4.77. The summed E-state index contributed by atoms with van der Waals surface area (Å²) in [6.45, 7) is 1.39. The smallest absolute Gasteiger partial charge is 0.384 e. The molecule has 0 saturated carbocycles. The van der Waals surface area contributed by atoms with Crippen molar-refractivity contribution in [1.82, 2.24) is 14.7 Å². The number of aryl methyl sites for hydroxylation is 1. The number of nitrogens with two attached hydrogens (primary N) is 1. The summed E-state index contributed by atoms with van der Waals surface area (Å²) in [5.41, 5.74) is 6.58. The van der Waals surface area contributed by atoms with Gasteiger partial charge in [-0.1, -0.05) is 0 Å². The van der Waals surface area contributed by atoms with E-state index in [1.807, 2.05) is 4.90 Å². The molecule has 1 saturated heterocycles. The molecule has 0 aromatic carbocycles. The summed E-state index contributed by atoms with van der Waals surface area (Å²) >= 11 is 0. The van der Waals surface area contributed by atoms with Crippen LogP contribution in [0.25, 0.3) is 0 Å². The Labute approximate surface area is 104 Å². The fraction of sp³-hybridized carbons (Fsp3) is 0.727. The minimum atomic E-state index is -4.08. The number of alkyl halides is 3. The zero-order chi connectivity index (χ0) is 13.3. The Bertz CT molecular complexity index is 393. The van der Waals surface area contributed by atoms with Gasteiger partial charge in [0.05, 0.1) is 12.1 Å². The van der Waals surface area contributed by atoms with Gasteiger partial charge in [0, 0.05) is 32.1 Å². The molecule has 1 atom stereocenters. The first-order chi connectivity index (χ1) is 8.35. The lowest BCUT2D eigenvalue weighted by atomic mass is 10.1. The second-order valence-electron chi connectivity index (χ2n) is 4.77. The number of rotatable bonds is 3. The number of likely N-dealkylation sites (tertiary alicyclic amines) is 1. The van der Waals surface area contributed by atoms with E-state index < -0.39 is 12.6 Å². The molecule has 0 radical (unpaired) electrons. The number of aromatic nitrogens is 2. The summed E-state index contributed by atoms with van der Waals surface area (Å²) in [5, 5.41) is 4.28. The van der Waals surface area contributed by atoms with Gasteiger partial charge in [0.25, 0.3) is 0 Å². The first-order valence-electron chi connectivity index (χ1n) is 5.93. The average Bonchev–Trinajstić information content (AvgIpc) is 2.83. The molecule has 7 heteroatoms. The summed E-state index contributed by atoms with van der Waals surface area (Å²) in [4.78, 5) is 1.84. The van der Waals surface area contributed by atoms with E-state index in [-0.39, 0.29) is 12.5 Å². The molecule has 2 N–H and O–H groups in total. The SMILES string of the molecule is Cn1nc(C2CCN(CCC(F)(F)F)C2)cc1N. The van der Waals surface area contributed by atoms with Gasteiger partial charge in [0.2, 0.25) is 0 Å². The minimum absolute atomic E-state index is 0.0717. The lowest BCUT2D eigenvalue weighted by Crippen LogP contribution is -2.26. The Balaban J connectivity index is 1.88. The molecule has 0 aliphatic carbocycles. The van der Waals surface area contributed by atoms with Crippen molar-refractivity contribution < 1.29 is 13.2 Å². The number of nitrogen functional groups attached to an aromatic ring is 1. The van der Waals surface area contributed by atoms with E-state index in [2.05, 4.69) is 5.10 Å².